The summed E-state index contributed by atoms with van der Waals surface area (Å²) in [5.74, 6) is -0.0332. The second-order valence-electron chi connectivity index (χ2n) is 4.19. The highest BCUT2D eigenvalue weighted by molar-refractivity contribution is 5.88. The number of nitrogens with one attached hydrogen (secondary N) is 1. The number of hydrogen-bond donors (Lipinski definition) is 2. The minimum absolute atomic E-state index is 0.108. The molecule has 17 heavy (non-hydrogen) atoms. The Morgan fingerprint density at radius 1 is 1.59 bits per heavy atom. The summed E-state index contributed by atoms with van der Waals surface area (Å²) in [5.41, 5.74) is 0.224. The predicted octanol–water partition coefficient (Wildman–Crippen LogP) is 1.86. The highest BCUT2D eigenvalue weighted by atomic mass is 16.5. The average molecular weight is 238 g/mol. The van der Waals surface area contributed by atoms with Crippen LogP contribution in [0.15, 0.2) is 18.3 Å². The van der Waals surface area contributed by atoms with Crippen LogP contribution in [-0.4, -0.2) is 35.8 Å². The molecule has 5 nitrogen and oxygen atoms in total. The summed E-state index contributed by atoms with van der Waals surface area (Å²) in [4.78, 5) is 14.9. The minimum atomic E-state index is -0.955. The average Bonchev–Trinajstić information content (AvgIpc) is 2.28. The van der Waals surface area contributed by atoms with Crippen LogP contribution >= 0.6 is 0 Å². The van der Waals surface area contributed by atoms with Crippen LogP contribution in [0.5, 0.6) is 0 Å². The molecule has 0 saturated heterocycles. The molecule has 0 bridgehead atoms. The lowest BCUT2D eigenvalue weighted by Gasteiger charge is -2.22. The van der Waals surface area contributed by atoms with E-state index in [2.05, 4.69) is 24.1 Å². The van der Waals surface area contributed by atoms with Crippen LogP contribution in [0.4, 0.5) is 5.82 Å². The number of carboxylic acids is 1. The Hall–Kier alpha value is -1.62. The van der Waals surface area contributed by atoms with Crippen molar-refractivity contribution in [3.05, 3.63) is 23.9 Å². The Kier molecular flexibility index (Phi) is 4.90. The van der Waals surface area contributed by atoms with Gasteiger partial charge in [-0.05, 0) is 18.1 Å². The number of hydrogen-bond acceptors (Lipinski definition) is 4. The molecule has 1 atom stereocenters. The summed E-state index contributed by atoms with van der Waals surface area (Å²) in [7, 11) is 1.64. The molecule has 0 aliphatic heterocycles. The van der Waals surface area contributed by atoms with E-state index in [9.17, 15) is 4.79 Å². The molecule has 0 aromatic carbocycles. The number of carbonyl (C=O) groups is 1. The minimum Gasteiger partial charge on any atom is -0.478 e. The fourth-order valence-electron chi connectivity index (χ4n) is 1.41. The summed E-state index contributed by atoms with van der Waals surface area (Å²) in [6, 6.07) is 3.10. The van der Waals surface area contributed by atoms with Gasteiger partial charge in [-0.2, -0.15) is 0 Å². The van der Waals surface area contributed by atoms with Crippen molar-refractivity contribution in [2.45, 2.75) is 19.9 Å². The number of anilines is 1. The van der Waals surface area contributed by atoms with Gasteiger partial charge in [0.2, 0.25) is 0 Å². The molecule has 2 N–H and O–H groups in total. The monoisotopic (exact) mass is 238 g/mol. The normalized spacial score (nSPS) is 12.5. The Morgan fingerprint density at radius 2 is 2.29 bits per heavy atom. The third kappa shape index (κ3) is 4.03. The van der Waals surface area contributed by atoms with Crippen LogP contribution in [-0.2, 0) is 4.74 Å². The lowest BCUT2D eigenvalue weighted by molar-refractivity contribution is 0.0697. The number of nitrogens with zero attached hydrogens (tertiary/aromatic N) is 1. The van der Waals surface area contributed by atoms with Crippen LogP contribution in [0.1, 0.15) is 24.2 Å². The number of ether oxygens (including phenoxy) is 1. The van der Waals surface area contributed by atoms with E-state index >= 15 is 0 Å². The topological polar surface area (TPSA) is 71.5 Å². The zero-order chi connectivity index (χ0) is 12.8. The summed E-state index contributed by atoms with van der Waals surface area (Å²) >= 11 is 0. The first-order chi connectivity index (χ1) is 8.04. The van der Waals surface area contributed by atoms with Gasteiger partial charge in [-0.3, -0.25) is 0 Å². The number of rotatable bonds is 6. The largest absolute Gasteiger partial charge is 0.478 e. The first kappa shape index (κ1) is 13.4. The molecule has 1 heterocycles. The standard InChI is InChI=1S/C12H18N2O3/c1-8(2)10(7-17-3)14-11-6-9(12(15)16)4-5-13-11/h4-6,8,10H,7H2,1-3H3,(H,13,14)(H,15,16). The summed E-state index contributed by atoms with van der Waals surface area (Å²) in [5, 5.41) is 12.1. The number of carboxylic acid groups (broad SMARTS) is 1. The molecule has 0 aliphatic rings. The molecular formula is C12H18N2O3. The Labute approximate surface area is 101 Å². The van der Waals surface area contributed by atoms with Gasteiger partial charge < -0.3 is 15.2 Å². The lowest BCUT2D eigenvalue weighted by atomic mass is 10.1. The highest BCUT2D eigenvalue weighted by Gasteiger charge is 2.14. The molecule has 0 aliphatic carbocycles. The number of aromatic carboxylic acids is 1. The van der Waals surface area contributed by atoms with Crippen LogP contribution in [0, 0.1) is 5.92 Å². The van der Waals surface area contributed by atoms with Gasteiger partial charge in [-0.25, -0.2) is 9.78 Å². The third-order valence-electron chi connectivity index (χ3n) is 2.49. The zero-order valence-electron chi connectivity index (χ0n) is 10.3. The zero-order valence-corrected chi connectivity index (χ0v) is 10.3. The van der Waals surface area contributed by atoms with E-state index in [1.165, 1.54) is 18.3 Å². The first-order valence-electron chi connectivity index (χ1n) is 5.49. The highest BCUT2D eigenvalue weighted by Crippen LogP contribution is 2.12. The fourth-order valence-corrected chi connectivity index (χ4v) is 1.41. The van der Waals surface area contributed by atoms with Crippen molar-refractivity contribution in [3.63, 3.8) is 0 Å². The molecule has 1 aromatic heterocycles. The van der Waals surface area contributed by atoms with Crippen molar-refractivity contribution >= 4 is 11.8 Å². The van der Waals surface area contributed by atoms with Gasteiger partial charge in [0, 0.05) is 13.3 Å². The van der Waals surface area contributed by atoms with Crippen LogP contribution in [0.3, 0.4) is 0 Å². The van der Waals surface area contributed by atoms with Gasteiger partial charge in [-0.1, -0.05) is 13.8 Å². The van der Waals surface area contributed by atoms with Crippen molar-refractivity contribution in [2.75, 3.05) is 19.0 Å². The van der Waals surface area contributed by atoms with E-state index in [0.717, 1.165) is 0 Å². The Balaban J connectivity index is 2.78. The van der Waals surface area contributed by atoms with Crippen molar-refractivity contribution in [3.8, 4) is 0 Å². The predicted molar refractivity (Wildman–Crippen MR) is 65.3 cm³/mol. The molecule has 0 radical (unpaired) electrons. The van der Waals surface area contributed by atoms with E-state index < -0.39 is 5.97 Å². The van der Waals surface area contributed by atoms with Gasteiger partial charge in [-0.15, -0.1) is 0 Å². The molecule has 0 saturated carbocycles. The van der Waals surface area contributed by atoms with Crippen molar-refractivity contribution in [1.82, 2.24) is 4.98 Å². The van der Waals surface area contributed by atoms with Gasteiger partial charge >= 0.3 is 5.97 Å². The SMILES string of the molecule is COCC(Nc1cc(C(=O)O)ccn1)C(C)C. The van der Waals surface area contributed by atoms with E-state index in [0.29, 0.717) is 18.3 Å². The van der Waals surface area contributed by atoms with E-state index in [4.69, 9.17) is 9.84 Å². The molecule has 1 aromatic rings. The van der Waals surface area contributed by atoms with Gasteiger partial charge in [0.05, 0.1) is 18.2 Å². The van der Waals surface area contributed by atoms with Gasteiger partial charge in [0.15, 0.2) is 0 Å². The second-order valence-corrected chi connectivity index (χ2v) is 4.19. The van der Waals surface area contributed by atoms with Crippen LogP contribution in [0.2, 0.25) is 0 Å². The molecule has 94 valence electrons. The molecule has 5 heteroatoms. The van der Waals surface area contributed by atoms with Crippen molar-refractivity contribution in [1.29, 1.82) is 0 Å². The number of aromatic nitrogens is 1. The van der Waals surface area contributed by atoms with Crippen molar-refractivity contribution in [2.24, 2.45) is 5.92 Å². The third-order valence-corrected chi connectivity index (χ3v) is 2.49. The van der Waals surface area contributed by atoms with Crippen molar-refractivity contribution < 1.29 is 14.6 Å². The molecule has 0 amide bonds. The quantitative estimate of drug-likeness (QED) is 0.791. The van der Waals surface area contributed by atoms with Crippen LogP contribution in [0.25, 0.3) is 0 Å². The molecule has 0 fully saturated rings. The number of pyridine rings is 1. The molecular weight excluding hydrogens is 220 g/mol. The smallest absolute Gasteiger partial charge is 0.335 e. The number of methoxy groups -OCH3 is 1. The van der Waals surface area contributed by atoms with E-state index in [1.807, 2.05) is 0 Å². The van der Waals surface area contributed by atoms with Gasteiger partial charge in [0.1, 0.15) is 5.82 Å². The first-order valence-corrected chi connectivity index (χ1v) is 5.49. The van der Waals surface area contributed by atoms with Gasteiger partial charge in [0.25, 0.3) is 0 Å². The Morgan fingerprint density at radius 3 is 2.82 bits per heavy atom. The van der Waals surface area contributed by atoms with E-state index in [-0.39, 0.29) is 11.6 Å². The maximum absolute atomic E-state index is 10.8. The fraction of sp³-hybridized carbons (Fsp3) is 0.500. The summed E-state index contributed by atoms with van der Waals surface area (Å²) in [6.07, 6.45) is 1.48. The van der Waals surface area contributed by atoms with Crippen LogP contribution < -0.4 is 5.32 Å². The molecule has 0 spiro atoms. The van der Waals surface area contributed by atoms with E-state index in [1.54, 1.807) is 7.11 Å². The summed E-state index contributed by atoms with van der Waals surface area (Å²) in [6.45, 7) is 4.69. The maximum atomic E-state index is 10.8. The maximum Gasteiger partial charge on any atom is 0.335 e. The molecule has 1 rings (SSSR count). The lowest BCUT2D eigenvalue weighted by Crippen LogP contribution is -2.30. The summed E-state index contributed by atoms with van der Waals surface area (Å²) < 4.78 is 5.11. The molecule has 1 unspecified atom stereocenters. The second kappa shape index (κ2) is 6.20. The Bertz CT molecular complexity index is 380.